The molecule has 0 radical (unpaired) electrons. The van der Waals surface area contributed by atoms with Crippen LogP contribution >= 0.6 is 0 Å². The molecule has 9 nitrogen and oxygen atoms in total. The molecule has 0 N–H and O–H groups in total. The molecule has 0 atom stereocenters. The third-order valence-electron chi connectivity index (χ3n) is 6.72. The molecule has 1 fully saturated rings. The standard InChI is InChI=1S/C24H30N6O3/c1-16-5-6-17(2)19(13-16)15-30-22(31)20-21(26(4)24(30)32)25-23-28(18(3)14-29(20)23)8-7-27-9-11-33-12-10-27/h5-6,13-14H,7-12,15H2,1-4H3. The number of fused-ring (bicyclic) bond motifs is 3. The van der Waals surface area contributed by atoms with Crippen molar-refractivity contribution in [2.24, 2.45) is 7.05 Å². The predicted molar refractivity (Wildman–Crippen MR) is 127 cm³/mol. The summed E-state index contributed by atoms with van der Waals surface area (Å²) in [6.07, 6.45) is 1.94. The number of ether oxygens (including phenoxy) is 1. The van der Waals surface area contributed by atoms with Crippen molar-refractivity contribution in [3.63, 3.8) is 0 Å². The summed E-state index contributed by atoms with van der Waals surface area (Å²) in [7, 11) is 1.68. The average Bonchev–Trinajstić information content (AvgIpc) is 3.31. The minimum Gasteiger partial charge on any atom is -0.379 e. The Bertz CT molecular complexity index is 1470. The van der Waals surface area contributed by atoms with E-state index in [1.165, 1.54) is 9.13 Å². The highest BCUT2D eigenvalue weighted by Crippen LogP contribution is 2.17. The molecule has 0 unspecified atom stereocenters. The molecular formula is C24H30N6O3. The average molecular weight is 451 g/mol. The van der Waals surface area contributed by atoms with Gasteiger partial charge in [-0.2, -0.15) is 4.98 Å². The molecule has 5 rings (SSSR count). The van der Waals surface area contributed by atoms with Gasteiger partial charge in [0.2, 0.25) is 5.78 Å². The molecule has 33 heavy (non-hydrogen) atoms. The molecule has 0 saturated carbocycles. The summed E-state index contributed by atoms with van der Waals surface area (Å²) in [5.41, 5.74) is 4.33. The number of morpholine rings is 1. The number of rotatable bonds is 5. The topological polar surface area (TPSA) is 78.7 Å². The lowest BCUT2D eigenvalue weighted by molar-refractivity contribution is 0.0364. The van der Waals surface area contributed by atoms with E-state index in [-0.39, 0.29) is 17.8 Å². The Balaban J connectivity index is 1.60. The van der Waals surface area contributed by atoms with E-state index >= 15 is 0 Å². The molecule has 4 heterocycles. The normalized spacial score (nSPS) is 15.2. The van der Waals surface area contributed by atoms with Gasteiger partial charge in [0.15, 0.2) is 11.2 Å². The van der Waals surface area contributed by atoms with Gasteiger partial charge in [0, 0.05) is 45.1 Å². The van der Waals surface area contributed by atoms with Crippen LogP contribution in [0.4, 0.5) is 0 Å². The first-order valence-electron chi connectivity index (χ1n) is 11.4. The molecule has 1 aliphatic rings. The van der Waals surface area contributed by atoms with Gasteiger partial charge in [-0.1, -0.05) is 23.8 Å². The van der Waals surface area contributed by atoms with Gasteiger partial charge in [-0.15, -0.1) is 0 Å². The second-order valence-electron chi connectivity index (χ2n) is 8.99. The van der Waals surface area contributed by atoms with Crippen LogP contribution < -0.4 is 11.2 Å². The molecule has 1 aromatic carbocycles. The van der Waals surface area contributed by atoms with Crippen LogP contribution in [0, 0.1) is 20.8 Å². The van der Waals surface area contributed by atoms with Gasteiger partial charge in [-0.05, 0) is 31.9 Å². The van der Waals surface area contributed by atoms with Gasteiger partial charge in [0.25, 0.3) is 5.56 Å². The van der Waals surface area contributed by atoms with Crippen molar-refractivity contribution in [2.75, 3.05) is 32.8 Å². The Labute approximate surface area is 191 Å². The maximum Gasteiger partial charge on any atom is 0.332 e. The summed E-state index contributed by atoms with van der Waals surface area (Å²) in [6.45, 7) is 11.3. The number of benzene rings is 1. The van der Waals surface area contributed by atoms with Crippen molar-refractivity contribution in [1.29, 1.82) is 0 Å². The Kier molecular flexibility index (Phi) is 5.46. The molecule has 3 aromatic heterocycles. The monoisotopic (exact) mass is 450 g/mol. The first-order chi connectivity index (χ1) is 15.8. The van der Waals surface area contributed by atoms with Crippen molar-refractivity contribution in [3.05, 3.63) is 67.6 Å². The van der Waals surface area contributed by atoms with Crippen LogP contribution in [0.3, 0.4) is 0 Å². The van der Waals surface area contributed by atoms with Crippen molar-refractivity contribution in [3.8, 4) is 0 Å². The van der Waals surface area contributed by atoms with Crippen LogP contribution in [-0.2, 0) is 24.9 Å². The lowest BCUT2D eigenvalue weighted by Crippen LogP contribution is -2.39. The van der Waals surface area contributed by atoms with Crippen LogP contribution in [0.5, 0.6) is 0 Å². The van der Waals surface area contributed by atoms with Crippen molar-refractivity contribution in [1.82, 2.24) is 28.0 Å². The SMILES string of the molecule is Cc1ccc(C)c(Cn2c(=O)c3c(nc4n(CCN5CCOCC5)c(C)cn34)n(C)c2=O)c1. The van der Waals surface area contributed by atoms with Crippen LogP contribution in [0.1, 0.15) is 22.4 Å². The highest BCUT2D eigenvalue weighted by atomic mass is 16.5. The van der Waals surface area contributed by atoms with E-state index in [2.05, 4.69) is 9.47 Å². The molecule has 0 bridgehead atoms. The van der Waals surface area contributed by atoms with Crippen molar-refractivity contribution < 1.29 is 4.74 Å². The fourth-order valence-electron chi connectivity index (χ4n) is 4.68. The summed E-state index contributed by atoms with van der Waals surface area (Å²) in [5.74, 6) is 0.687. The molecule has 0 amide bonds. The first-order valence-corrected chi connectivity index (χ1v) is 11.4. The smallest absolute Gasteiger partial charge is 0.332 e. The predicted octanol–water partition coefficient (Wildman–Crippen LogP) is 1.46. The fraction of sp³-hybridized carbons (Fsp3) is 0.458. The zero-order valence-electron chi connectivity index (χ0n) is 19.7. The summed E-state index contributed by atoms with van der Waals surface area (Å²) >= 11 is 0. The van der Waals surface area contributed by atoms with Crippen LogP contribution in [0.15, 0.2) is 34.0 Å². The maximum absolute atomic E-state index is 13.6. The highest BCUT2D eigenvalue weighted by molar-refractivity contribution is 5.75. The minimum atomic E-state index is -0.356. The number of nitrogens with zero attached hydrogens (tertiary/aromatic N) is 6. The molecule has 174 valence electrons. The van der Waals surface area contributed by atoms with E-state index in [1.54, 1.807) is 7.05 Å². The Morgan fingerprint density at radius 1 is 1.03 bits per heavy atom. The van der Waals surface area contributed by atoms with Gasteiger partial charge >= 0.3 is 5.69 Å². The zero-order valence-corrected chi connectivity index (χ0v) is 19.7. The van der Waals surface area contributed by atoms with Crippen molar-refractivity contribution >= 4 is 16.9 Å². The molecule has 0 spiro atoms. The summed E-state index contributed by atoms with van der Waals surface area (Å²) in [6, 6.07) is 6.09. The number of hydrogen-bond donors (Lipinski definition) is 0. The Morgan fingerprint density at radius 3 is 2.55 bits per heavy atom. The molecular weight excluding hydrogens is 420 g/mol. The summed E-state index contributed by atoms with van der Waals surface area (Å²) in [5, 5.41) is 0. The number of hydrogen-bond acceptors (Lipinski definition) is 5. The third-order valence-corrected chi connectivity index (χ3v) is 6.72. The molecule has 9 heteroatoms. The third kappa shape index (κ3) is 3.71. The number of imidazole rings is 2. The second-order valence-corrected chi connectivity index (χ2v) is 8.99. The Hall–Kier alpha value is -3.17. The van der Waals surface area contributed by atoms with E-state index < -0.39 is 0 Å². The molecule has 4 aromatic rings. The zero-order chi connectivity index (χ0) is 23.3. The largest absolute Gasteiger partial charge is 0.379 e. The second kappa shape index (κ2) is 8.31. The van der Waals surface area contributed by atoms with E-state index in [0.29, 0.717) is 16.9 Å². The summed E-state index contributed by atoms with van der Waals surface area (Å²) < 4.78 is 12.2. The minimum absolute atomic E-state index is 0.235. The Morgan fingerprint density at radius 2 is 1.79 bits per heavy atom. The molecule has 0 aliphatic carbocycles. The van der Waals surface area contributed by atoms with E-state index in [0.717, 1.165) is 61.8 Å². The van der Waals surface area contributed by atoms with Crippen molar-refractivity contribution in [2.45, 2.75) is 33.9 Å². The fourth-order valence-corrected chi connectivity index (χ4v) is 4.68. The van der Waals surface area contributed by atoms with Crippen LogP contribution in [-0.4, -0.2) is 60.8 Å². The van der Waals surface area contributed by atoms with Gasteiger partial charge in [-0.3, -0.25) is 23.2 Å². The molecule has 1 saturated heterocycles. The number of aryl methyl sites for hydroxylation is 4. The van der Waals surface area contributed by atoms with Gasteiger partial charge in [0.1, 0.15) is 0 Å². The number of aromatic nitrogens is 5. The van der Waals surface area contributed by atoms with E-state index in [9.17, 15) is 9.59 Å². The van der Waals surface area contributed by atoms with Crippen LogP contribution in [0.2, 0.25) is 0 Å². The first kappa shape index (κ1) is 21.7. The highest BCUT2D eigenvalue weighted by Gasteiger charge is 2.21. The lowest BCUT2D eigenvalue weighted by atomic mass is 10.1. The summed E-state index contributed by atoms with van der Waals surface area (Å²) in [4.78, 5) is 33.8. The van der Waals surface area contributed by atoms with Gasteiger partial charge < -0.3 is 9.30 Å². The quantitative estimate of drug-likeness (QED) is 0.460. The lowest BCUT2D eigenvalue weighted by Gasteiger charge is -2.26. The maximum atomic E-state index is 13.6. The van der Waals surface area contributed by atoms with Gasteiger partial charge in [0.05, 0.1) is 19.8 Å². The van der Waals surface area contributed by atoms with Gasteiger partial charge in [-0.25, -0.2) is 4.79 Å². The van der Waals surface area contributed by atoms with E-state index in [1.807, 2.05) is 49.6 Å². The van der Waals surface area contributed by atoms with E-state index in [4.69, 9.17) is 9.72 Å². The molecule has 1 aliphatic heterocycles. The van der Waals surface area contributed by atoms with Crippen LogP contribution in [0.25, 0.3) is 16.9 Å².